The van der Waals surface area contributed by atoms with Crippen LogP contribution in [0, 0.1) is 5.82 Å². The number of alkyl halides is 3. The largest absolute Gasteiger partial charge is 0.416 e. The number of nitrogens with zero attached hydrogens (tertiary/aromatic N) is 1. The number of hydrogen-bond acceptors (Lipinski definition) is 4. The fourth-order valence-electron chi connectivity index (χ4n) is 2.42. The normalized spacial score (nSPS) is 11.2. The Morgan fingerprint density at radius 3 is 2.52 bits per heavy atom. The molecule has 0 atom stereocenters. The molecule has 0 aliphatic carbocycles. The van der Waals surface area contributed by atoms with Gasteiger partial charge in [0.05, 0.1) is 11.3 Å². The molecule has 0 aliphatic rings. The zero-order valence-corrected chi connectivity index (χ0v) is 15.6. The Morgan fingerprint density at radius 2 is 1.83 bits per heavy atom. The van der Waals surface area contributed by atoms with Crippen molar-refractivity contribution in [2.24, 2.45) is 0 Å². The summed E-state index contributed by atoms with van der Waals surface area (Å²) in [6.07, 6.45) is -4.48. The molecule has 29 heavy (non-hydrogen) atoms. The highest BCUT2D eigenvalue weighted by molar-refractivity contribution is 7.13. The summed E-state index contributed by atoms with van der Waals surface area (Å²) >= 11 is 1.02. The summed E-state index contributed by atoms with van der Waals surface area (Å²) < 4.78 is 52.3. The summed E-state index contributed by atoms with van der Waals surface area (Å²) in [6.45, 7) is 1.22. The third kappa shape index (κ3) is 4.96. The maximum absolute atomic E-state index is 13.7. The molecule has 0 spiro atoms. The Labute approximate surface area is 166 Å². The number of carbonyl (C=O) groups is 2. The Hall–Kier alpha value is -3.27. The lowest BCUT2D eigenvalue weighted by Gasteiger charge is -2.08. The van der Waals surface area contributed by atoms with Gasteiger partial charge >= 0.3 is 6.18 Å². The van der Waals surface area contributed by atoms with E-state index in [0.29, 0.717) is 0 Å². The zero-order chi connectivity index (χ0) is 21.2. The Bertz CT molecular complexity index is 1080. The number of thiazole rings is 1. The monoisotopic (exact) mass is 423 g/mol. The van der Waals surface area contributed by atoms with Gasteiger partial charge in [-0.25, -0.2) is 9.37 Å². The van der Waals surface area contributed by atoms with E-state index in [-0.39, 0.29) is 27.6 Å². The number of amides is 2. The fourth-order valence-corrected chi connectivity index (χ4v) is 3.22. The smallest absolute Gasteiger partial charge is 0.324 e. The first-order valence-corrected chi connectivity index (χ1v) is 9.03. The maximum atomic E-state index is 13.7. The van der Waals surface area contributed by atoms with Crippen LogP contribution < -0.4 is 10.6 Å². The maximum Gasteiger partial charge on any atom is 0.416 e. The van der Waals surface area contributed by atoms with Gasteiger partial charge in [-0.1, -0.05) is 12.1 Å². The van der Waals surface area contributed by atoms with Crippen LogP contribution in [0.15, 0.2) is 47.8 Å². The molecule has 10 heteroatoms. The van der Waals surface area contributed by atoms with Crippen LogP contribution in [0.25, 0.3) is 10.6 Å². The Balaban J connectivity index is 1.79. The first-order chi connectivity index (χ1) is 13.6. The van der Waals surface area contributed by atoms with Crippen molar-refractivity contribution < 1.29 is 27.2 Å². The van der Waals surface area contributed by atoms with E-state index >= 15 is 0 Å². The minimum atomic E-state index is -4.48. The molecule has 2 N–H and O–H groups in total. The van der Waals surface area contributed by atoms with E-state index in [9.17, 15) is 27.2 Å². The number of anilines is 2. The van der Waals surface area contributed by atoms with E-state index in [1.165, 1.54) is 36.6 Å². The molecule has 3 aromatic rings. The van der Waals surface area contributed by atoms with Gasteiger partial charge in [0, 0.05) is 23.6 Å². The number of hydrogen-bond donors (Lipinski definition) is 2. The molecule has 2 aromatic carbocycles. The highest BCUT2D eigenvalue weighted by Crippen LogP contribution is 2.33. The summed E-state index contributed by atoms with van der Waals surface area (Å²) in [6, 6.07) is 8.27. The standard InChI is InChI=1S/C19H13F4N3O2S/c1-10(27)24-15-8-13(5-6-14(15)20)25-17(28)16-9-29-18(26-16)11-3-2-4-12(7-11)19(21,22)23/h2-9H,1H3,(H,24,27)(H,25,28). The van der Waals surface area contributed by atoms with Crippen LogP contribution in [0.1, 0.15) is 23.0 Å². The molecule has 1 heterocycles. The van der Waals surface area contributed by atoms with Crippen LogP contribution in [0.5, 0.6) is 0 Å². The first-order valence-electron chi connectivity index (χ1n) is 8.15. The summed E-state index contributed by atoms with van der Waals surface area (Å²) in [4.78, 5) is 27.6. The van der Waals surface area contributed by atoms with Gasteiger partial charge in [0.2, 0.25) is 5.91 Å². The molecule has 2 amide bonds. The Morgan fingerprint density at radius 1 is 1.07 bits per heavy atom. The van der Waals surface area contributed by atoms with Crippen LogP contribution in [-0.2, 0) is 11.0 Å². The quantitative estimate of drug-likeness (QED) is 0.568. The van der Waals surface area contributed by atoms with Crippen molar-refractivity contribution in [1.29, 1.82) is 0 Å². The minimum absolute atomic E-state index is 0.00665. The molecule has 0 fully saturated rings. The van der Waals surface area contributed by atoms with Crippen LogP contribution in [0.2, 0.25) is 0 Å². The Kier molecular flexibility index (Phi) is 5.64. The van der Waals surface area contributed by atoms with Gasteiger partial charge in [-0.2, -0.15) is 13.2 Å². The highest BCUT2D eigenvalue weighted by Gasteiger charge is 2.30. The van der Waals surface area contributed by atoms with Crippen molar-refractivity contribution in [3.63, 3.8) is 0 Å². The average molecular weight is 423 g/mol. The van der Waals surface area contributed by atoms with Crippen LogP contribution in [0.3, 0.4) is 0 Å². The van der Waals surface area contributed by atoms with Crippen molar-refractivity contribution in [3.05, 3.63) is 64.9 Å². The second-order valence-electron chi connectivity index (χ2n) is 5.95. The topological polar surface area (TPSA) is 71.1 Å². The number of halogens is 4. The van der Waals surface area contributed by atoms with Crippen molar-refractivity contribution in [2.45, 2.75) is 13.1 Å². The summed E-state index contributed by atoms with van der Waals surface area (Å²) in [7, 11) is 0. The van der Waals surface area contributed by atoms with E-state index in [0.717, 1.165) is 29.5 Å². The van der Waals surface area contributed by atoms with Crippen LogP contribution in [-0.4, -0.2) is 16.8 Å². The van der Waals surface area contributed by atoms with Gasteiger partial charge in [0.15, 0.2) is 0 Å². The SMILES string of the molecule is CC(=O)Nc1cc(NC(=O)c2csc(-c3cccc(C(F)(F)F)c3)n2)ccc1F. The average Bonchev–Trinajstić information content (AvgIpc) is 3.14. The summed E-state index contributed by atoms with van der Waals surface area (Å²) in [5.74, 6) is -1.77. The van der Waals surface area contributed by atoms with Crippen molar-refractivity contribution >= 4 is 34.5 Å². The number of aromatic nitrogens is 1. The van der Waals surface area contributed by atoms with Crippen LogP contribution in [0.4, 0.5) is 28.9 Å². The van der Waals surface area contributed by atoms with Crippen molar-refractivity contribution in [2.75, 3.05) is 10.6 Å². The molecule has 0 radical (unpaired) electrons. The molecule has 0 unspecified atom stereocenters. The van der Waals surface area contributed by atoms with E-state index in [1.54, 1.807) is 0 Å². The summed E-state index contributed by atoms with van der Waals surface area (Å²) in [5.41, 5.74) is -0.466. The molecule has 150 valence electrons. The van der Waals surface area contributed by atoms with Gasteiger partial charge in [-0.3, -0.25) is 9.59 Å². The second kappa shape index (κ2) is 8.00. The van der Waals surface area contributed by atoms with Gasteiger partial charge in [0.1, 0.15) is 16.5 Å². The molecule has 5 nitrogen and oxygen atoms in total. The molecule has 0 bridgehead atoms. The molecular weight excluding hydrogens is 410 g/mol. The molecule has 0 saturated carbocycles. The third-order valence-corrected chi connectivity index (χ3v) is 4.60. The molecule has 0 saturated heterocycles. The number of nitrogens with one attached hydrogen (secondary N) is 2. The van der Waals surface area contributed by atoms with Gasteiger partial charge in [0.25, 0.3) is 5.91 Å². The van der Waals surface area contributed by atoms with Crippen LogP contribution >= 0.6 is 11.3 Å². The summed E-state index contributed by atoms with van der Waals surface area (Å²) in [5, 5.41) is 6.46. The number of benzene rings is 2. The van der Waals surface area contributed by atoms with Crippen molar-refractivity contribution in [1.82, 2.24) is 4.98 Å². The lowest BCUT2D eigenvalue weighted by molar-refractivity contribution is -0.137. The molecule has 1 aromatic heterocycles. The molecule has 0 aliphatic heterocycles. The van der Waals surface area contributed by atoms with E-state index < -0.39 is 29.4 Å². The van der Waals surface area contributed by atoms with E-state index in [4.69, 9.17) is 0 Å². The molecule has 3 rings (SSSR count). The second-order valence-corrected chi connectivity index (χ2v) is 6.80. The molecular formula is C19H13F4N3O2S. The van der Waals surface area contributed by atoms with E-state index in [2.05, 4.69) is 15.6 Å². The first kappa shape index (κ1) is 20.5. The number of carbonyl (C=O) groups excluding carboxylic acids is 2. The third-order valence-electron chi connectivity index (χ3n) is 3.71. The van der Waals surface area contributed by atoms with Gasteiger partial charge in [-0.15, -0.1) is 11.3 Å². The number of rotatable bonds is 4. The minimum Gasteiger partial charge on any atom is -0.324 e. The fraction of sp³-hybridized carbons (Fsp3) is 0.105. The lowest BCUT2D eigenvalue weighted by Crippen LogP contribution is -2.13. The zero-order valence-electron chi connectivity index (χ0n) is 14.8. The predicted molar refractivity (Wildman–Crippen MR) is 101 cm³/mol. The van der Waals surface area contributed by atoms with Gasteiger partial charge in [-0.05, 0) is 30.3 Å². The predicted octanol–water partition coefficient (Wildman–Crippen LogP) is 5.18. The van der Waals surface area contributed by atoms with Gasteiger partial charge < -0.3 is 10.6 Å². The van der Waals surface area contributed by atoms with E-state index in [1.807, 2.05) is 0 Å². The lowest BCUT2D eigenvalue weighted by atomic mass is 10.1. The highest BCUT2D eigenvalue weighted by atomic mass is 32.1. The van der Waals surface area contributed by atoms with Crippen molar-refractivity contribution in [3.8, 4) is 10.6 Å².